The van der Waals surface area contributed by atoms with E-state index in [9.17, 15) is 4.79 Å². The van der Waals surface area contributed by atoms with Gasteiger partial charge in [0, 0.05) is 25.1 Å². The van der Waals surface area contributed by atoms with E-state index in [2.05, 4.69) is 39.1 Å². The molecular weight excluding hydrogens is 396 g/mol. The van der Waals surface area contributed by atoms with Crippen LogP contribution in [0.25, 0.3) is 16.7 Å². The number of nitrogens with one attached hydrogen (secondary N) is 2. The molecule has 0 fully saturated rings. The molecule has 1 aromatic carbocycles. The molecule has 0 radical (unpaired) electrons. The van der Waals surface area contributed by atoms with Crippen LogP contribution in [0.3, 0.4) is 0 Å². The Labute approximate surface area is 182 Å². The summed E-state index contributed by atoms with van der Waals surface area (Å²) >= 11 is 0. The fourth-order valence-electron chi connectivity index (χ4n) is 3.20. The van der Waals surface area contributed by atoms with Gasteiger partial charge in [0.25, 0.3) is 0 Å². The van der Waals surface area contributed by atoms with E-state index in [-0.39, 0.29) is 12.0 Å². The van der Waals surface area contributed by atoms with Gasteiger partial charge in [0.1, 0.15) is 11.6 Å². The van der Waals surface area contributed by atoms with E-state index in [0.717, 1.165) is 35.4 Å². The van der Waals surface area contributed by atoms with E-state index in [4.69, 9.17) is 14.5 Å². The molecule has 2 aromatic heterocycles. The number of anilines is 1. The number of alkyl carbamates (subject to hydrolysis) is 1. The third-order valence-corrected chi connectivity index (χ3v) is 4.79. The molecule has 0 aliphatic carbocycles. The molecule has 0 saturated carbocycles. The highest BCUT2D eigenvalue weighted by atomic mass is 16.5. The molecule has 0 saturated heterocycles. The van der Waals surface area contributed by atoms with Crippen molar-refractivity contribution in [3.63, 3.8) is 0 Å². The van der Waals surface area contributed by atoms with Crippen LogP contribution in [0.1, 0.15) is 52.3 Å². The first-order valence-electron chi connectivity index (χ1n) is 10.8. The largest absolute Gasteiger partial charge is 0.497 e. The summed E-state index contributed by atoms with van der Waals surface area (Å²) in [5.74, 6) is 2.87. The van der Waals surface area contributed by atoms with Crippen LogP contribution in [0.2, 0.25) is 0 Å². The lowest BCUT2D eigenvalue weighted by molar-refractivity contribution is 0.133. The number of methoxy groups -OCH3 is 1. The van der Waals surface area contributed by atoms with Crippen molar-refractivity contribution in [1.29, 1.82) is 0 Å². The molecule has 168 valence electrons. The highest BCUT2D eigenvalue weighted by Crippen LogP contribution is 2.27. The maximum atomic E-state index is 11.6. The van der Waals surface area contributed by atoms with Gasteiger partial charge in [-0.3, -0.25) is 4.40 Å². The standard InChI is InChI=1S/C22H32N6O3/c1-14(2)13-31-22(29)24-11-7-6-10-23-19-21-27-26-20(15(3)4)28(21)18-9-8-16(30-5)12-17(18)25-19/h8-9,12,14-15H,6-7,10-11,13H2,1-5H3,(H,23,25)(H,24,29). The zero-order valence-electron chi connectivity index (χ0n) is 18.9. The second-order valence-electron chi connectivity index (χ2n) is 8.24. The summed E-state index contributed by atoms with van der Waals surface area (Å²) in [6.07, 6.45) is 1.32. The maximum Gasteiger partial charge on any atom is 0.407 e. The van der Waals surface area contributed by atoms with E-state index < -0.39 is 0 Å². The van der Waals surface area contributed by atoms with Crippen LogP contribution >= 0.6 is 0 Å². The molecule has 3 rings (SSSR count). The van der Waals surface area contributed by atoms with Crippen LogP contribution in [-0.2, 0) is 4.74 Å². The molecule has 0 atom stereocenters. The predicted molar refractivity (Wildman–Crippen MR) is 121 cm³/mol. The third-order valence-electron chi connectivity index (χ3n) is 4.79. The number of aromatic nitrogens is 4. The van der Waals surface area contributed by atoms with Crippen molar-refractivity contribution in [1.82, 2.24) is 24.9 Å². The van der Waals surface area contributed by atoms with E-state index in [1.165, 1.54) is 0 Å². The van der Waals surface area contributed by atoms with Crippen LogP contribution in [0, 0.1) is 5.92 Å². The smallest absolute Gasteiger partial charge is 0.407 e. The molecule has 2 N–H and O–H groups in total. The average Bonchev–Trinajstić information content (AvgIpc) is 3.20. The zero-order valence-corrected chi connectivity index (χ0v) is 18.9. The maximum absolute atomic E-state index is 11.6. The summed E-state index contributed by atoms with van der Waals surface area (Å²) in [5.41, 5.74) is 2.46. The number of carbonyl (C=O) groups excluding carboxylic acids is 1. The number of amides is 1. The Kier molecular flexibility index (Phi) is 7.49. The van der Waals surface area contributed by atoms with E-state index in [1.807, 2.05) is 32.0 Å². The minimum Gasteiger partial charge on any atom is -0.497 e. The van der Waals surface area contributed by atoms with Crippen molar-refractivity contribution < 1.29 is 14.3 Å². The van der Waals surface area contributed by atoms with Crippen molar-refractivity contribution in [3.05, 3.63) is 24.0 Å². The SMILES string of the molecule is COc1ccc2c(c1)nc(NCCCCNC(=O)OCC(C)C)c1nnc(C(C)C)n12. The number of fused-ring (bicyclic) bond motifs is 3. The van der Waals surface area contributed by atoms with Crippen molar-refractivity contribution in [2.75, 3.05) is 32.1 Å². The highest BCUT2D eigenvalue weighted by Gasteiger charge is 2.17. The first-order chi connectivity index (χ1) is 14.9. The quantitative estimate of drug-likeness (QED) is 0.471. The Hall–Kier alpha value is -3.10. The van der Waals surface area contributed by atoms with Crippen molar-refractivity contribution in [2.24, 2.45) is 5.92 Å². The van der Waals surface area contributed by atoms with Crippen molar-refractivity contribution >= 4 is 28.6 Å². The topological polar surface area (TPSA) is 103 Å². The van der Waals surface area contributed by atoms with Gasteiger partial charge in [0.2, 0.25) is 5.65 Å². The normalized spacial score (nSPS) is 11.5. The number of hydrogen-bond acceptors (Lipinski definition) is 7. The molecule has 0 spiro atoms. The third kappa shape index (κ3) is 5.53. The Bertz CT molecular complexity index is 1030. The first kappa shape index (κ1) is 22.6. The Morgan fingerprint density at radius 3 is 2.61 bits per heavy atom. The predicted octanol–water partition coefficient (Wildman–Crippen LogP) is 3.98. The van der Waals surface area contributed by atoms with Crippen molar-refractivity contribution in [2.45, 2.75) is 46.5 Å². The molecule has 0 unspecified atom stereocenters. The molecule has 0 bridgehead atoms. The number of rotatable bonds is 10. The van der Waals surface area contributed by atoms with Gasteiger partial charge in [-0.2, -0.15) is 0 Å². The summed E-state index contributed by atoms with van der Waals surface area (Å²) in [4.78, 5) is 16.4. The number of unbranched alkanes of at least 4 members (excludes halogenated alkanes) is 1. The van der Waals surface area contributed by atoms with Gasteiger partial charge in [-0.25, -0.2) is 9.78 Å². The van der Waals surface area contributed by atoms with Gasteiger partial charge in [0.05, 0.1) is 24.8 Å². The first-order valence-corrected chi connectivity index (χ1v) is 10.8. The monoisotopic (exact) mass is 428 g/mol. The molecule has 2 heterocycles. The van der Waals surface area contributed by atoms with Crippen LogP contribution in [0.4, 0.5) is 10.6 Å². The van der Waals surface area contributed by atoms with Gasteiger partial charge in [-0.05, 0) is 30.9 Å². The molecule has 0 aliphatic rings. The fourth-order valence-corrected chi connectivity index (χ4v) is 3.20. The molecule has 9 heteroatoms. The second kappa shape index (κ2) is 10.3. The summed E-state index contributed by atoms with van der Waals surface area (Å²) < 4.78 is 12.5. The average molecular weight is 429 g/mol. The minimum absolute atomic E-state index is 0.220. The highest BCUT2D eigenvalue weighted by molar-refractivity contribution is 5.84. The van der Waals surface area contributed by atoms with Gasteiger partial charge in [0.15, 0.2) is 5.82 Å². The molecule has 0 aliphatic heterocycles. The molecule has 3 aromatic rings. The Balaban J connectivity index is 1.67. The molecular formula is C22H32N6O3. The van der Waals surface area contributed by atoms with Crippen LogP contribution in [0.15, 0.2) is 18.2 Å². The van der Waals surface area contributed by atoms with Crippen LogP contribution in [0.5, 0.6) is 5.75 Å². The zero-order chi connectivity index (χ0) is 22.4. The summed E-state index contributed by atoms with van der Waals surface area (Å²) in [6.45, 7) is 9.90. The summed E-state index contributed by atoms with van der Waals surface area (Å²) in [7, 11) is 1.64. The van der Waals surface area contributed by atoms with E-state index in [0.29, 0.717) is 37.1 Å². The van der Waals surface area contributed by atoms with E-state index in [1.54, 1.807) is 7.11 Å². The second-order valence-corrected chi connectivity index (χ2v) is 8.24. The van der Waals surface area contributed by atoms with E-state index >= 15 is 0 Å². The number of benzene rings is 1. The number of hydrogen-bond donors (Lipinski definition) is 2. The van der Waals surface area contributed by atoms with Crippen LogP contribution < -0.4 is 15.4 Å². The van der Waals surface area contributed by atoms with Crippen LogP contribution in [-0.4, -0.2) is 52.5 Å². The summed E-state index contributed by atoms with van der Waals surface area (Å²) in [6, 6.07) is 5.81. The van der Waals surface area contributed by atoms with Gasteiger partial charge in [-0.1, -0.05) is 27.7 Å². The fraction of sp³-hybridized carbons (Fsp3) is 0.545. The Morgan fingerprint density at radius 2 is 1.90 bits per heavy atom. The molecule has 1 amide bonds. The minimum atomic E-state index is -0.363. The lowest BCUT2D eigenvalue weighted by atomic mass is 10.2. The summed E-state index contributed by atoms with van der Waals surface area (Å²) in [5, 5.41) is 14.9. The lowest BCUT2D eigenvalue weighted by Crippen LogP contribution is -2.26. The number of carbonyl (C=O) groups is 1. The lowest BCUT2D eigenvalue weighted by Gasteiger charge is -2.12. The molecule has 9 nitrogen and oxygen atoms in total. The van der Waals surface area contributed by atoms with Gasteiger partial charge >= 0.3 is 6.09 Å². The van der Waals surface area contributed by atoms with Gasteiger partial charge in [-0.15, -0.1) is 10.2 Å². The Morgan fingerprint density at radius 1 is 1.13 bits per heavy atom. The number of nitrogens with zero attached hydrogens (tertiary/aromatic N) is 4. The van der Waals surface area contributed by atoms with Crippen molar-refractivity contribution in [3.8, 4) is 5.75 Å². The number of ether oxygens (including phenoxy) is 2. The molecule has 31 heavy (non-hydrogen) atoms. The van der Waals surface area contributed by atoms with Gasteiger partial charge < -0.3 is 20.1 Å².